The van der Waals surface area contributed by atoms with Gasteiger partial charge in [-0.3, -0.25) is 4.79 Å². The fraction of sp³-hybridized carbons (Fsp3) is 0.133. The molecule has 0 amide bonds. The molecule has 0 bridgehead atoms. The Morgan fingerprint density at radius 3 is 2.81 bits per heavy atom. The number of nitrogens with zero attached hydrogens (tertiary/aromatic N) is 3. The molecule has 3 aromatic rings. The molecule has 21 heavy (non-hydrogen) atoms. The summed E-state index contributed by atoms with van der Waals surface area (Å²) in [5.41, 5.74) is 2.15. The molecular formula is C15H12ClN3O2. The van der Waals surface area contributed by atoms with Crippen LogP contribution in [0.2, 0.25) is 5.02 Å². The van der Waals surface area contributed by atoms with Crippen molar-refractivity contribution in [2.45, 2.75) is 13.0 Å². The predicted molar refractivity (Wildman–Crippen MR) is 80.2 cm³/mol. The monoisotopic (exact) mass is 301 g/mol. The maximum Gasteiger partial charge on any atom is 0.305 e. The molecular weight excluding hydrogens is 290 g/mol. The second kappa shape index (κ2) is 5.54. The van der Waals surface area contributed by atoms with Gasteiger partial charge in [0, 0.05) is 18.3 Å². The summed E-state index contributed by atoms with van der Waals surface area (Å²) >= 11 is 6.23. The number of rotatable bonds is 4. The van der Waals surface area contributed by atoms with Crippen LogP contribution in [0.25, 0.3) is 22.6 Å². The molecule has 6 heteroatoms. The average molecular weight is 302 g/mol. The number of fused-ring (bicyclic) bond motifs is 1. The van der Waals surface area contributed by atoms with Crippen molar-refractivity contribution in [2.24, 2.45) is 0 Å². The lowest BCUT2D eigenvalue weighted by molar-refractivity contribution is -0.137. The second-order valence-electron chi connectivity index (χ2n) is 4.56. The first-order valence-electron chi connectivity index (χ1n) is 6.45. The Kier molecular flexibility index (Phi) is 3.58. The summed E-state index contributed by atoms with van der Waals surface area (Å²) in [4.78, 5) is 19.7. The smallest absolute Gasteiger partial charge is 0.305 e. The highest BCUT2D eigenvalue weighted by molar-refractivity contribution is 6.33. The van der Waals surface area contributed by atoms with Gasteiger partial charge in [-0.25, -0.2) is 9.97 Å². The van der Waals surface area contributed by atoms with E-state index in [9.17, 15) is 4.79 Å². The molecule has 0 spiro atoms. The molecule has 0 saturated heterocycles. The number of aliphatic carboxylic acids is 1. The molecule has 1 N–H and O–H groups in total. The number of aromatic nitrogens is 3. The molecule has 1 aromatic carbocycles. The second-order valence-corrected chi connectivity index (χ2v) is 4.96. The highest BCUT2D eigenvalue weighted by Crippen LogP contribution is 2.29. The molecule has 2 heterocycles. The minimum absolute atomic E-state index is 0.000509. The quantitative estimate of drug-likeness (QED) is 0.803. The SMILES string of the molecule is O=C(O)CCn1c(-c2ccccc2Cl)nc2cccnc21. The number of hydrogen-bond donors (Lipinski definition) is 1. The number of carboxylic acid groups (broad SMARTS) is 1. The van der Waals surface area contributed by atoms with Crippen molar-refractivity contribution in [3.8, 4) is 11.4 Å². The van der Waals surface area contributed by atoms with Crippen molar-refractivity contribution in [1.82, 2.24) is 14.5 Å². The standard InChI is InChI=1S/C15H12ClN3O2/c16-11-5-2-1-4-10(11)14-18-12-6-3-8-17-15(12)19(14)9-7-13(20)21/h1-6,8H,7,9H2,(H,20,21). The number of benzene rings is 1. The molecule has 0 unspecified atom stereocenters. The van der Waals surface area contributed by atoms with Gasteiger partial charge in [0.15, 0.2) is 5.65 Å². The first kappa shape index (κ1) is 13.6. The van der Waals surface area contributed by atoms with Gasteiger partial charge in [0.2, 0.25) is 0 Å². The summed E-state index contributed by atoms with van der Waals surface area (Å²) in [5, 5.41) is 9.49. The van der Waals surface area contributed by atoms with Gasteiger partial charge in [-0.05, 0) is 24.3 Å². The molecule has 0 fully saturated rings. The van der Waals surface area contributed by atoms with E-state index in [1.807, 2.05) is 24.3 Å². The molecule has 3 rings (SSSR count). The van der Waals surface area contributed by atoms with E-state index < -0.39 is 5.97 Å². The third-order valence-corrected chi connectivity index (χ3v) is 3.50. The number of pyridine rings is 1. The fourth-order valence-corrected chi connectivity index (χ4v) is 2.45. The summed E-state index contributed by atoms with van der Waals surface area (Å²) in [6.45, 7) is 0.295. The molecule has 0 aliphatic carbocycles. The molecule has 2 aromatic heterocycles. The Hall–Kier alpha value is -2.40. The highest BCUT2D eigenvalue weighted by atomic mass is 35.5. The number of imidazole rings is 1. The Balaban J connectivity index is 2.19. The van der Waals surface area contributed by atoms with Gasteiger partial charge in [-0.15, -0.1) is 0 Å². The lowest BCUT2D eigenvalue weighted by Gasteiger charge is -2.08. The van der Waals surface area contributed by atoms with E-state index in [2.05, 4.69) is 9.97 Å². The van der Waals surface area contributed by atoms with E-state index >= 15 is 0 Å². The molecule has 0 saturated carbocycles. The Labute approximate surface area is 125 Å². The van der Waals surface area contributed by atoms with Crippen molar-refractivity contribution in [3.63, 3.8) is 0 Å². The lowest BCUT2D eigenvalue weighted by Crippen LogP contribution is -2.06. The molecule has 0 aliphatic rings. The number of aryl methyl sites for hydroxylation is 1. The van der Waals surface area contributed by atoms with Crippen LogP contribution in [-0.2, 0) is 11.3 Å². The van der Waals surface area contributed by atoms with Gasteiger partial charge in [0.1, 0.15) is 11.3 Å². The summed E-state index contributed by atoms with van der Waals surface area (Å²) < 4.78 is 1.80. The van der Waals surface area contributed by atoms with Gasteiger partial charge in [0.05, 0.1) is 11.4 Å². The first-order valence-corrected chi connectivity index (χ1v) is 6.82. The summed E-state index contributed by atoms with van der Waals surface area (Å²) in [6.07, 6.45) is 1.66. The normalized spacial score (nSPS) is 10.9. The van der Waals surface area contributed by atoms with E-state index in [4.69, 9.17) is 16.7 Å². The topological polar surface area (TPSA) is 68.0 Å². The third-order valence-electron chi connectivity index (χ3n) is 3.17. The van der Waals surface area contributed by atoms with E-state index in [1.165, 1.54) is 0 Å². The minimum Gasteiger partial charge on any atom is -0.481 e. The van der Waals surface area contributed by atoms with Crippen LogP contribution in [0.5, 0.6) is 0 Å². The lowest BCUT2D eigenvalue weighted by atomic mass is 10.2. The zero-order valence-electron chi connectivity index (χ0n) is 11.0. The maximum atomic E-state index is 10.9. The van der Waals surface area contributed by atoms with Crippen molar-refractivity contribution in [2.75, 3.05) is 0 Å². The summed E-state index contributed by atoms with van der Waals surface area (Å²) in [7, 11) is 0. The van der Waals surface area contributed by atoms with Crippen LogP contribution < -0.4 is 0 Å². The Morgan fingerprint density at radius 2 is 2.05 bits per heavy atom. The first-order chi connectivity index (χ1) is 10.2. The predicted octanol–water partition coefficient (Wildman–Crippen LogP) is 3.23. The van der Waals surface area contributed by atoms with Crippen molar-refractivity contribution in [1.29, 1.82) is 0 Å². The van der Waals surface area contributed by atoms with Crippen LogP contribution in [0.15, 0.2) is 42.6 Å². The molecule has 0 aliphatic heterocycles. The van der Waals surface area contributed by atoms with Gasteiger partial charge < -0.3 is 9.67 Å². The van der Waals surface area contributed by atoms with E-state index in [0.29, 0.717) is 23.0 Å². The van der Waals surface area contributed by atoms with Crippen LogP contribution in [-0.4, -0.2) is 25.6 Å². The van der Waals surface area contributed by atoms with E-state index in [1.54, 1.807) is 22.9 Å². The molecule has 0 atom stereocenters. The summed E-state index contributed by atoms with van der Waals surface area (Å²) in [5.74, 6) is -0.228. The minimum atomic E-state index is -0.863. The van der Waals surface area contributed by atoms with Crippen LogP contribution >= 0.6 is 11.6 Å². The molecule has 0 radical (unpaired) electrons. The Bertz CT molecular complexity index is 814. The van der Waals surface area contributed by atoms with E-state index in [0.717, 1.165) is 11.1 Å². The molecule has 5 nitrogen and oxygen atoms in total. The third kappa shape index (κ3) is 2.60. The van der Waals surface area contributed by atoms with Gasteiger partial charge >= 0.3 is 5.97 Å². The molecule has 106 valence electrons. The summed E-state index contributed by atoms with van der Waals surface area (Å²) in [6, 6.07) is 11.0. The van der Waals surface area contributed by atoms with Gasteiger partial charge in [-0.1, -0.05) is 23.7 Å². The van der Waals surface area contributed by atoms with Crippen LogP contribution in [0.3, 0.4) is 0 Å². The fourth-order valence-electron chi connectivity index (χ4n) is 2.23. The largest absolute Gasteiger partial charge is 0.481 e. The van der Waals surface area contributed by atoms with Crippen molar-refractivity contribution in [3.05, 3.63) is 47.6 Å². The van der Waals surface area contributed by atoms with E-state index in [-0.39, 0.29) is 6.42 Å². The van der Waals surface area contributed by atoms with Crippen LogP contribution in [0, 0.1) is 0 Å². The average Bonchev–Trinajstić information content (AvgIpc) is 2.84. The maximum absolute atomic E-state index is 10.9. The number of halogens is 1. The zero-order valence-corrected chi connectivity index (χ0v) is 11.8. The number of carbonyl (C=O) groups is 1. The zero-order chi connectivity index (χ0) is 14.8. The Morgan fingerprint density at radius 1 is 1.24 bits per heavy atom. The number of carboxylic acids is 1. The van der Waals surface area contributed by atoms with Gasteiger partial charge in [0.25, 0.3) is 0 Å². The van der Waals surface area contributed by atoms with Crippen LogP contribution in [0.4, 0.5) is 0 Å². The number of hydrogen-bond acceptors (Lipinski definition) is 3. The van der Waals surface area contributed by atoms with Crippen molar-refractivity contribution < 1.29 is 9.90 Å². The van der Waals surface area contributed by atoms with Gasteiger partial charge in [-0.2, -0.15) is 0 Å². The van der Waals surface area contributed by atoms with Crippen LogP contribution in [0.1, 0.15) is 6.42 Å². The van der Waals surface area contributed by atoms with Crippen molar-refractivity contribution >= 4 is 28.7 Å². The highest BCUT2D eigenvalue weighted by Gasteiger charge is 2.16.